The fourth-order valence-corrected chi connectivity index (χ4v) is 4.92. The first kappa shape index (κ1) is 25.6. The molecule has 34 heavy (non-hydrogen) atoms. The molecule has 3 aliphatic rings. The minimum absolute atomic E-state index is 0.289. The van der Waals surface area contributed by atoms with Crippen LogP contribution in [0.1, 0.15) is 62.2 Å². The molecule has 3 aromatic heterocycles. The molecule has 2 saturated carbocycles. The first-order chi connectivity index (χ1) is 16.5. The van der Waals surface area contributed by atoms with Crippen LogP contribution in [-0.4, -0.2) is 50.8 Å². The van der Waals surface area contributed by atoms with Crippen LogP contribution < -0.4 is 10.6 Å². The summed E-state index contributed by atoms with van der Waals surface area (Å²) in [6.07, 6.45) is 16.0. The van der Waals surface area contributed by atoms with Crippen LogP contribution in [0.25, 0.3) is 5.65 Å². The molecule has 0 spiro atoms. The molecule has 0 unspecified atom stereocenters. The lowest BCUT2D eigenvalue weighted by atomic mass is 9.47. The Morgan fingerprint density at radius 1 is 1.21 bits per heavy atom. The summed E-state index contributed by atoms with van der Waals surface area (Å²) in [4.78, 5) is 21.4. The minimum atomic E-state index is -0.494. The van der Waals surface area contributed by atoms with Gasteiger partial charge in [-0.2, -0.15) is 5.10 Å². The van der Waals surface area contributed by atoms with Crippen LogP contribution in [0.4, 0.5) is 10.2 Å². The van der Waals surface area contributed by atoms with E-state index in [0.29, 0.717) is 11.2 Å². The number of nitrogens with two attached hydrogens (primary N) is 1. The molecule has 3 fully saturated rings. The maximum Gasteiger partial charge on any atom is 0.254 e. The number of hydrogen-bond donors (Lipinski definition) is 2. The van der Waals surface area contributed by atoms with Gasteiger partial charge in [0.05, 0.1) is 12.4 Å². The van der Waals surface area contributed by atoms with Gasteiger partial charge in [0.15, 0.2) is 5.65 Å². The van der Waals surface area contributed by atoms with Crippen molar-refractivity contribution in [3.05, 3.63) is 54.4 Å². The number of aromatic nitrogens is 4. The fraction of sp³-hybridized carbons (Fsp3) is 0.520. The number of anilines is 1. The molecule has 0 radical (unpaired) electrons. The molecule has 6 rings (SSSR count). The Hall–Kier alpha value is -3.07. The average Bonchev–Trinajstić information content (AvgIpc) is 3.54. The molecule has 2 aliphatic carbocycles. The summed E-state index contributed by atoms with van der Waals surface area (Å²) in [5, 5.41) is 11.0. The number of amides is 1. The van der Waals surface area contributed by atoms with Crippen molar-refractivity contribution in [3.8, 4) is 0 Å². The van der Waals surface area contributed by atoms with Crippen LogP contribution in [0.5, 0.6) is 0 Å². The van der Waals surface area contributed by atoms with Crippen molar-refractivity contribution < 1.29 is 14.3 Å². The standard InChI is InChI=1S/C11H13N5O.C8H14.C5H4FN.CH4O/c12-10(17)8-7-13-16-6-3-9(14-11(8)16)15-4-1-2-5-15;1-2-8-5-3-7(8)4-6-8;6-5-2-1-3-7-4-5;1-2/h3,6-7H,1-2,4-5H2,(H2,12,17);7H,2-6H2,1H3;1-4H;2H,1H3. The highest BCUT2D eigenvalue weighted by atomic mass is 19.1. The van der Waals surface area contributed by atoms with Gasteiger partial charge in [-0.05, 0) is 68.1 Å². The summed E-state index contributed by atoms with van der Waals surface area (Å²) in [7, 11) is 1.00. The van der Waals surface area contributed by atoms with Crippen LogP contribution in [-0.2, 0) is 0 Å². The summed E-state index contributed by atoms with van der Waals surface area (Å²) in [5.41, 5.74) is 7.08. The van der Waals surface area contributed by atoms with Crippen LogP contribution in [0.3, 0.4) is 0 Å². The van der Waals surface area contributed by atoms with Gasteiger partial charge >= 0.3 is 0 Å². The van der Waals surface area contributed by atoms with Gasteiger partial charge in [0, 0.05) is 32.6 Å². The smallest absolute Gasteiger partial charge is 0.254 e. The number of rotatable bonds is 3. The number of fused-ring (bicyclic) bond motifs is 2. The average molecular weight is 471 g/mol. The second kappa shape index (κ2) is 11.9. The molecule has 184 valence electrons. The zero-order valence-electron chi connectivity index (χ0n) is 20.0. The predicted octanol–water partition coefficient (Wildman–Crippen LogP) is 3.84. The third-order valence-electron chi connectivity index (χ3n) is 7.23. The number of aliphatic hydroxyl groups excluding tert-OH is 1. The molecule has 9 heteroatoms. The second-order valence-corrected chi connectivity index (χ2v) is 8.83. The molecule has 3 aromatic rings. The van der Waals surface area contributed by atoms with Crippen molar-refractivity contribution in [3.63, 3.8) is 0 Å². The fourth-order valence-electron chi connectivity index (χ4n) is 4.92. The molecule has 0 atom stereocenters. The molecule has 3 N–H and O–H groups in total. The Bertz CT molecular complexity index is 1040. The summed E-state index contributed by atoms with van der Waals surface area (Å²) in [6, 6.07) is 4.82. The lowest BCUT2D eigenvalue weighted by Gasteiger charge is -2.58. The van der Waals surface area contributed by atoms with Crippen molar-refractivity contribution >= 4 is 17.4 Å². The summed E-state index contributed by atoms with van der Waals surface area (Å²) in [6.45, 7) is 4.39. The summed E-state index contributed by atoms with van der Waals surface area (Å²) in [5.74, 6) is 1.28. The maximum absolute atomic E-state index is 11.8. The van der Waals surface area contributed by atoms with Gasteiger partial charge < -0.3 is 15.7 Å². The van der Waals surface area contributed by atoms with E-state index >= 15 is 0 Å². The summed E-state index contributed by atoms with van der Waals surface area (Å²) >= 11 is 0. The molecule has 1 aliphatic heterocycles. The SMILES string of the molecule is CCC12CCC1CC2.CO.Fc1cccnc1.NC(=O)c1cnn2ccc(N3CCCC3)nc12. The van der Waals surface area contributed by atoms with E-state index in [-0.39, 0.29) is 5.82 Å². The van der Waals surface area contributed by atoms with Gasteiger partial charge in [0.1, 0.15) is 17.2 Å². The Morgan fingerprint density at radius 3 is 2.32 bits per heavy atom. The van der Waals surface area contributed by atoms with E-state index in [9.17, 15) is 9.18 Å². The van der Waals surface area contributed by atoms with Crippen molar-refractivity contribution in [2.24, 2.45) is 17.1 Å². The van der Waals surface area contributed by atoms with E-state index in [0.717, 1.165) is 31.4 Å². The molecular weight excluding hydrogens is 435 g/mol. The van der Waals surface area contributed by atoms with E-state index in [1.165, 1.54) is 49.8 Å². The van der Waals surface area contributed by atoms with Crippen molar-refractivity contribution in [1.29, 1.82) is 0 Å². The van der Waals surface area contributed by atoms with E-state index in [4.69, 9.17) is 10.8 Å². The molecule has 0 aromatic carbocycles. The highest BCUT2D eigenvalue weighted by Crippen LogP contribution is 2.62. The number of hydrogen-bond acceptors (Lipinski definition) is 6. The molecule has 4 heterocycles. The monoisotopic (exact) mass is 470 g/mol. The van der Waals surface area contributed by atoms with Crippen molar-refractivity contribution in [2.75, 3.05) is 25.1 Å². The zero-order valence-corrected chi connectivity index (χ0v) is 20.0. The van der Waals surface area contributed by atoms with Crippen molar-refractivity contribution in [1.82, 2.24) is 19.6 Å². The Balaban J connectivity index is 0.000000158. The Labute approximate surface area is 200 Å². The molecule has 0 bridgehead atoms. The number of primary amides is 1. The minimum Gasteiger partial charge on any atom is -0.400 e. The molecular formula is C25H35FN6O2. The lowest BCUT2D eigenvalue weighted by molar-refractivity contribution is -0.0770. The van der Waals surface area contributed by atoms with Crippen LogP contribution in [0.15, 0.2) is 43.0 Å². The van der Waals surface area contributed by atoms with E-state index in [1.807, 2.05) is 12.3 Å². The number of aliphatic hydroxyl groups is 1. The Kier molecular flexibility index (Phi) is 8.92. The van der Waals surface area contributed by atoms with E-state index < -0.39 is 5.91 Å². The van der Waals surface area contributed by atoms with Crippen LogP contribution >= 0.6 is 0 Å². The number of pyridine rings is 1. The van der Waals surface area contributed by atoms with Gasteiger partial charge in [0.2, 0.25) is 0 Å². The Morgan fingerprint density at radius 2 is 1.91 bits per heavy atom. The van der Waals surface area contributed by atoms with Crippen molar-refractivity contribution in [2.45, 2.75) is 51.9 Å². The number of nitrogens with zero attached hydrogens (tertiary/aromatic N) is 5. The third-order valence-corrected chi connectivity index (χ3v) is 7.23. The first-order valence-corrected chi connectivity index (χ1v) is 11.9. The zero-order chi connectivity index (χ0) is 24.6. The van der Waals surface area contributed by atoms with Crippen LogP contribution in [0, 0.1) is 17.2 Å². The number of carbonyl (C=O) groups is 1. The van der Waals surface area contributed by atoms with E-state index in [1.54, 1.807) is 36.3 Å². The van der Waals surface area contributed by atoms with Gasteiger partial charge in [-0.15, -0.1) is 0 Å². The highest BCUT2D eigenvalue weighted by molar-refractivity contribution is 5.98. The van der Waals surface area contributed by atoms with E-state index in [2.05, 4.69) is 26.9 Å². The molecule has 8 nitrogen and oxygen atoms in total. The van der Waals surface area contributed by atoms with Gasteiger partial charge in [-0.3, -0.25) is 9.78 Å². The van der Waals surface area contributed by atoms with Gasteiger partial charge in [-0.25, -0.2) is 13.9 Å². The number of halogens is 1. The maximum atomic E-state index is 11.8. The van der Waals surface area contributed by atoms with Gasteiger partial charge in [-0.1, -0.05) is 13.3 Å². The third kappa shape index (κ3) is 5.70. The molecule has 1 saturated heterocycles. The van der Waals surface area contributed by atoms with Crippen LogP contribution in [0.2, 0.25) is 0 Å². The normalized spacial score (nSPS) is 21.9. The molecule has 1 amide bonds. The largest absolute Gasteiger partial charge is 0.400 e. The highest BCUT2D eigenvalue weighted by Gasteiger charge is 2.51. The van der Waals surface area contributed by atoms with Gasteiger partial charge in [0.25, 0.3) is 5.91 Å². The second-order valence-electron chi connectivity index (χ2n) is 8.83. The predicted molar refractivity (Wildman–Crippen MR) is 130 cm³/mol. The first-order valence-electron chi connectivity index (χ1n) is 11.9. The quantitative estimate of drug-likeness (QED) is 0.602. The number of carbonyl (C=O) groups excluding carboxylic acids is 1. The topological polar surface area (TPSA) is 110 Å². The lowest BCUT2D eigenvalue weighted by Crippen LogP contribution is -2.47. The summed E-state index contributed by atoms with van der Waals surface area (Å²) < 4.78 is 13.4.